The SMILES string of the molecule is COc1cccc(C(N)c2cc(C)c(C)cc2C)c1OC. The van der Waals surface area contributed by atoms with Crippen molar-refractivity contribution in [2.45, 2.75) is 26.8 Å². The topological polar surface area (TPSA) is 44.5 Å². The fourth-order valence-electron chi connectivity index (χ4n) is 2.64. The third kappa shape index (κ3) is 2.88. The molecule has 0 saturated carbocycles. The smallest absolute Gasteiger partial charge is 0.165 e. The molecule has 3 nitrogen and oxygen atoms in total. The highest BCUT2D eigenvalue weighted by molar-refractivity contribution is 5.52. The number of ether oxygens (including phenoxy) is 2. The zero-order valence-corrected chi connectivity index (χ0v) is 13.4. The average molecular weight is 285 g/mol. The summed E-state index contributed by atoms with van der Waals surface area (Å²) in [6.45, 7) is 6.31. The number of aryl methyl sites for hydroxylation is 3. The third-order valence-corrected chi connectivity index (χ3v) is 3.99. The fourth-order valence-corrected chi connectivity index (χ4v) is 2.64. The number of nitrogens with two attached hydrogens (primary N) is 1. The Hall–Kier alpha value is -2.00. The van der Waals surface area contributed by atoms with E-state index in [1.54, 1.807) is 14.2 Å². The lowest BCUT2D eigenvalue weighted by Crippen LogP contribution is -2.15. The minimum atomic E-state index is -0.241. The first-order valence-electron chi connectivity index (χ1n) is 7.03. The number of methoxy groups -OCH3 is 2. The standard InChI is InChI=1S/C18H23NO2/c1-11-9-13(3)15(10-12(11)2)17(19)14-7-6-8-16(20-4)18(14)21-5/h6-10,17H,19H2,1-5H3. The molecule has 0 saturated heterocycles. The Bertz CT molecular complexity index is 650. The normalized spacial score (nSPS) is 12.1. The summed E-state index contributed by atoms with van der Waals surface area (Å²) in [6, 6.07) is 9.90. The van der Waals surface area contributed by atoms with Crippen molar-refractivity contribution in [2.24, 2.45) is 5.73 Å². The van der Waals surface area contributed by atoms with Crippen LogP contribution < -0.4 is 15.2 Å². The van der Waals surface area contributed by atoms with Gasteiger partial charge in [0, 0.05) is 5.56 Å². The largest absolute Gasteiger partial charge is 0.493 e. The molecule has 112 valence electrons. The summed E-state index contributed by atoms with van der Waals surface area (Å²) in [6.07, 6.45) is 0. The van der Waals surface area contributed by atoms with Crippen LogP contribution in [0.1, 0.15) is 33.9 Å². The first kappa shape index (κ1) is 15.4. The van der Waals surface area contributed by atoms with Crippen molar-refractivity contribution >= 4 is 0 Å². The number of hydrogen-bond acceptors (Lipinski definition) is 3. The lowest BCUT2D eigenvalue weighted by atomic mass is 9.91. The van der Waals surface area contributed by atoms with Gasteiger partial charge >= 0.3 is 0 Å². The van der Waals surface area contributed by atoms with E-state index in [4.69, 9.17) is 15.2 Å². The molecule has 0 amide bonds. The molecule has 2 aromatic carbocycles. The summed E-state index contributed by atoms with van der Waals surface area (Å²) < 4.78 is 10.9. The quantitative estimate of drug-likeness (QED) is 0.932. The van der Waals surface area contributed by atoms with Gasteiger partial charge in [-0.15, -0.1) is 0 Å². The maximum atomic E-state index is 6.50. The minimum absolute atomic E-state index is 0.241. The van der Waals surface area contributed by atoms with Crippen molar-refractivity contribution in [2.75, 3.05) is 14.2 Å². The predicted molar refractivity (Wildman–Crippen MR) is 86.2 cm³/mol. The van der Waals surface area contributed by atoms with E-state index in [2.05, 4.69) is 32.9 Å². The third-order valence-electron chi connectivity index (χ3n) is 3.99. The van der Waals surface area contributed by atoms with E-state index < -0.39 is 0 Å². The molecule has 0 aromatic heterocycles. The van der Waals surface area contributed by atoms with Crippen LogP contribution in [0.3, 0.4) is 0 Å². The van der Waals surface area contributed by atoms with Gasteiger partial charge in [0.05, 0.1) is 20.3 Å². The van der Waals surface area contributed by atoms with Gasteiger partial charge in [-0.3, -0.25) is 0 Å². The number of benzene rings is 2. The van der Waals surface area contributed by atoms with Crippen LogP contribution in [0.25, 0.3) is 0 Å². The summed E-state index contributed by atoms with van der Waals surface area (Å²) >= 11 is 0. The van der Waals surface area contributed by atoms with E-state index in [1.165, 1.54) is 16.7 Å². The van der Waals surface area contributed by atoms with Crippen molar-refractivity contribution in [3.63, 3.8) is 0 Å². The second-order valence-electron chi connectivity index (χ2n) is 5.35. The summed E-state index contributed by atoms with van der Waals surface area (Å²) in [5, 5.41) is 0. The Morgan fingerprint density at radius 2 is 1.52 bits per heavy atom. The minimum Gasteiger partial charge on any atom is -0.493 e. The summed E-state index contributed by atoms with van der Waals surface area (Å²) in [5.74, 6) is 1.40. The number of hydrogen-bond donors (Lipinski definition) is 1. The molecular weight excluding hydrogens is 262 g/mol. The van der Waals surface area contributed by atoms with E-state index in [-0.39, 0.29) is 6.04 Å². The van der Waals surface area contributed by atoms with Gasteiger partial charge in [-0.25, -0.2) is 0 Å². The van der Waals surface area contributed by atoms with Gasteiger partial charge in [0.25, 0.3) is 0 Å². The van der Waals surface area contributed by atoms with E-state index in [9.17, 15) is 0 Å². The average Bonchev–Trinajstić information content (AvgIpc) is 2.49. The van der Waals surface area contributed by atoms with Crippen molar-refractivity contribution in [1.29, 1.82) is 0 Å². The van der Waals surface area contributed by atoms with E-state index in [0.29, 0.717) is 11.5 Å². The first-order valence-corrected chi connectivity index (χ1v) is 7.03. The Kier molecular flexibility index (Phi) is 4.53. The van der Waals surface area contributed by atoms with Crippen molar-refractivity contribution in [3.8, 4) is 11.5 Å². The fraction of sp³-hybridized carbons (Fsp3) is 0.333. The lowest BCUT2D eigenvalue weighted by Gasteiger charge is -2.20. The molecule has 0 spiro atoms. The highest BCUT2D eigenvalue weighted by atomic mass is 16.5. The lowest BCUT2D eigenvalue weighted by molar-refractivity contribution is 0.350. The highest BCUT2D eigenvalue weighted by Gasteiger charge is 2.19. The predicted octanol–water partition coefficient (Wildman–Crippen LogP) is 3.68. The van der Waals surface area contributed by atoms with Gasteiger partial charge < -0.3 is 15.2 Å². The molecule has 21 heavy (non-hydrogen) atoms. The molecule has 2 N–H and O–H groups in total. The van der Waals surface area contributed by atoms with Gasteiger partial charge in [0.15, 0.2) is 11.5 Å². The molecule has 0 radical (unpaired) electrons. The molecular formula is C18H23NO2. The van der Waals surface area contributed by atoms with Crippen LogP contribution in [0, 0.1) is 20.8 Å². The van der Waals surface area contributed by atoms with Crippen molar-refractivity contribution in [1.82, 2.24) is 0 Å². The van der Waals surface area contributed by atoms with Gasteiger partial charge in [-0.05, 0) is 49.1 Å². The summed E-state index contributed by atoms with van der Waals surface area (Å²) in [5.41, 5.74) is 12.3. The van der Waals surface area contributed by atoms with Gasteiger partial charge in [0.1, 0.15) is 0 Å². The summed E-state index contributed by atoms with van der Waals surface area (Å²) in [4.78, 5) is 0. The molecule has 2 rings (SSSR count). The van der Waals surface area contributed by atoms with Crippen LogP contribution in [-0.2, 0) is 0 Å². The maximum absolute atomic E-state index is 6.50. The van der Waals surface area contributed by atoms with Crippen molar-refractivity contribution < 1.29 is 9.47 Å². The van der Waals surface area contributed by atoms with Crippen LogP contribution in [-0.4, -0.2) is 14.2 Å². The number of rotatable bonds is 4. The van der Waals surface area contributed by atoms with Gasteiger partial charge in [0.2, 0.25) is 0 Å². The van der Waals surface area contributed by atoms with Crippen LogP contribution in [0.15, 0.2) is 30.3 Å². The van der Waals surface area contributed by atoms with Gasteiger partial charge in [-0.2, -0.15) is 0 Å². The molecule has 3 heteroatoms. The molecule has 1 atom stereocenters. The van der Waals surface area contributed by atoms with Crippen molar-refractivity contribution in [3.05, 3.63) is 58.1 Å². The monoisotopic (exact) mass is 285 g/mol. The van der Waals surface area contributed by atoms with Crippen LogP contribution in [0.2, 0.25) is 0 Å². The maximum Gasteiger partial charge on any atom is 0.165 e. The molecule has 0 bridgehead atoms. The number of para-hydroxylation sites is 1. The molecule has 0 heterocycles. The zero-order chi connectivity index (χ0) is 15.6. The Morgan fingerprint density at radius 1 is 0.857 bits per heavy atom. The van der Waals surface area contributed by atoms with Gasteiger partial charge in [-0.1, -0.05) is 24.3 Å². The second kappa shape index (κ2) is 6.19. The van der Waals surface area contributed by atoms with E-state index in [1.807, 2.05) is 18.2 Å². The highest BCUT2D eigenvalue weighted by Crippen LogP contribution is 2.37. The zero-order valence-electron chi connectivity index (χ0n) is 13.4. The van der Waals surface area contributed by atoms with E-state index in [0.717, 1.165) is 11.1 Å². The molecule has 1 unspecified atom stereocenters. The van der Waals surface area contributed by atoms with Crippen LogP contribution in [0.4, 0.5) is 0 Å². The molecule has 0 aliphatic rings. The van der Waals surface area contributed by atoms with E-state index >= 15 is 0 Å². The Balaban J connectivity index is 2.55. The van der Waals surface area contributed by atoms with Crippen LogP contribution in [0.5, 0.6) is 11.5 Å². The Morgan fingerprint density at radius 3 is 2.14 bits per heavy atom. The molecule has 0 aliphatic heterocycles. The molecule has 0 fully saturated rings. The first-order chi connectivity index (χ1) is 9.99. The summed E-state index contributed by atoms with van der Waals surface area (Å²) in [7, 11) is 3.27. The molecule has 0 aliphatic carbocycles. The second-order valence-corrected chi connectivity index (χ2v) is 5.35. The molecule has 2 aromatic rings. The van der Waals surface area contributed by atoms with Crippen LogP contribution >= 0.6 is 0 Å². The Labute approximate surface area is 126 Å².